The molecule has 1 fully saturated rings. The number of piperazine rings is 1. The second-order valence-corrected chi connectivity index (χ2v) is 5.19. The smallest absolute Gasteiger partial charge is 0.255 e. The number of amides is 2. The highest BCUT2D eigenvalue weighted by atomic mass is 16.2. The maximum absolute atomic E-state index is 12.5. The average molecular weight is 302 g/mol. The van der Waals surface area contributed by atoms with E-state index >= 15 is 0 Å². The molecule has 2 rings (SSSR count). The van der Waals surface area contributed by atoms with Gasteiger partial charge in [0.15, 0.2) is 0 Å². The zero-order valence-corrected chi connectivity index (χ0v) is 12.9. The number of carbonyl (C=O) groups is 2. The molecular weight excluding hydrogens is 280 g/mol. The fourth-order valence-electron chi connectivity index (χ4n) is 2.40. The Bertz CT molecular complexity index is 551. The van der Waals surface area contributed by atoms with Gasteiger partial charge in [0, 0.05) is 45.1 Å². The lowest BCUT2D eigenvalue weighted by Crippen LogP contribution is -2.48. The van der Waals surface area contributed by atoms with Gasteiger partial charge < -0.3 is 15.1 Å². The second kappa shape index (κ2) is 7.70. The summed E-state index contributed by atoms with van der Waals surface area (Å²) in [5.74, 6) is -0.320. The van der Waals surface area contributed by atoms with Gasteiger partial charge in [0.2, 0.25) is 0 Å². The maximum Gasteiger partial charge on any atom is 0.255 e. The van der Waals surface area contributed by atoms with Gasteiger partial charge in [0.25, 0.3) is 11.8 Å². The van der Waals surface area contributed by atoms with E-state index in [0.29, 0.717) is 30.8 Å². The fraction of sp³-hybridized carbons (Fsp3) is 0.438. The molecule has 2 heterocycles. The first-order chi connectivity index (χ1) is 10.7. The van der Waals surface area contributed by atoms with E-state index in [1.54, 1.807) is 12.1 Å². The van der Waals surface area contributed by atoms with Crippen LogP contribution in [0.3, 0.4) is 0 Å². The molecule has 2 amide bonds. The van der Waals surface area contributed by atoms with Crippen molar-refractivity contribution >= 4 is 11.8 Å². The molecule has 0 spiro atoms. The van der Waals surface area contributed by atoms with E-state index in [1.807, 2.05) is 4.90 Å². The Morgan fingerprint density at radius 1 is 1.27 bits per heavy atom. The minimum atomic E-state index is -0.252. The lowest BCUT2D eigenvalue weighted by molar-refractivity contribution is 0.0643. The molecule has 0 aliphatic carbocycles. The molecule has 1 aromatic heterocycles. The molecule has 22 heavy (non-hydrogen) atoms. The number of carbonyl (C=O) groups excluding carboxylic acids is 2. The van der Waals surface area contributed by atoms with Crippen LogP contribution in [0.4, 0.5) is 0 Å². The van der Waals surface area contributed by atoms with Crippen LogP contribution in [0.25, 0.3) is 0 Å². The van der Waals surface area contributed by atoms with Crippen molar-refractivity contribution < 1.29 is 9.59 Å². The third-order valence-electron chi connectivity index (χ3n) is 3.76. The Hall–Kier alpha value is -2.21. The molecule has 0 bridgehead atoms. The summed E-state index contributed by atoms with van der Waals surface area (Å²) in [5, 5.41) is 2.68. The normalized spacial score (nSPS) is 15.4. The van der Waals surface area contributed by atoms with E-state index in [2.05, 4.69) is 28.7 Å². The van der Waals surface area contributed by atoms with Crippen LogP contribution >= 0.6 is 0 Å². The van der Waals surface area contributed by atoms with Gasteiger partial charge in [-0.05, 0) is 12.6 Å². The van der Waals surface area contributed by atoms with Gasteiger partial charge in [0.1, 0.15) is 0 Å². The van der Waals surface area contributed by atoms with Crippen molar-refractivity contribution in [3.63, 3.8) is 0 Å². The molecule has 0 atom stereocenters. The van der Waals surface area contributed by atoms with E-state index in [1.165, 1.54) is 12.4 Å². The lowest BCUT2D eigenvalue weighted by atomic mass is 10.1. The van der Waals surface area contributed by atoms with E-state index in [9.17, 15) is 9.59 Å². The Morgan fingerprint density at radius 3 is 2.59 bits per heavy atom. The number of nitrogens with zero attached hydrogens (tertiary/aromatic N) is 3. The third-order valence-corrected chi connectivity index (χ3v) is 3.76. The molecular formula is C16H22N4O2. The highest BCUT2D eigenvalue weighted by Gasteiger charge is 2.22. The molecule has 1 aliphatic rings. The summed E-state index contributed by atoms with van der Waals surface area (Å²) >= 11 is 0. The largest absolute Gasteiger partial charge is 0.349 e. The summed E-state index contributed by atoms with van der Waals surface area (Å²) in [7, 11) is 0. The predicted octanol–water partition coefficient (Wildman–Crippen LogP) is 0.775. The third kappa shape index (κ3) is 3.92. The molecule has 6 nitrogen and oxygen atoms in total. The van der Waals surface area contributed by atoms with Gasteiger partial charge in [0.05, 0.1) is 11.1 Å². The molecule has 118 valence electrons. The number of aromatic nitrogens is 1. The van der Waals surface area contributed by atoms with E-state index in [0.717, 1.165) is 19.6 Å². The average Bonchev–Trinajstić information content (AvgIpc) is 2.59. The van der Waals surface area contributed by atoms with Crippen LogP contribution in [0.2, 0.25) is 0 Å². The van der Waals surface area contributed by atoms with Gasteiger partial charge in [-0.3, -0.25) is 14.6 Å². The topological polar surface area (TPSA) is 65.5 Å². The quantitative estimate of drug-likeness (QED) is 0.816. The van der Waals surface area contributed by atoms with Crippen LogP contribution < -0.4 is 5.32 Å². The number of hydrogen-bond donors (Lipinski definition) is 1. The number of likely N-dealkylation sites (N-methyl/N-ethyl adjacent to an activating group) is 1. The Balaban J connectivity index is 2.04. The summed E-state index contributed by atoms with van der Waals surface area (Å²) in [5.41, 5.74) is 0.844. The summed E-state index contributed by atoms with van der Waals surface area (Å²) in [6.45, 7) is 10.2. The van der Waals surface area contributed by atoms with Gasteiger partial charge in [-0.1, -0.05) is 13.0 Å². The molecule has 0 radical (unpaired) electrons. The van der Waals surface area contributed by atoms with Crippen molar-refractivity contribution in [1.82, 2.24) is 20.1 Å². The minimum absolute atomic E-state index is 0.0679. The maximum atomic E-state index is 12.5. The first-order valence-electron chi connectivity index (χ1n) is 7.51. The fourth-order valence-corrected chi connectivity index (χ4v) is 2.40. The summed E-state index contributed by atoms with van der Waals surface area (Å²) in [4.78, 5) is 32.5. The van der Waals surface area contributed by atoms with E-state index < -0.39 is 0 Å². The zero-order chi connectivity index (χ0) is 15.9. The summed E-state index contributed by atoms with van der Waals surface area (Å²) in [6, 6.07) is 1.60. The molecule has 6 heteroatoms. The lowest BCUT2D eigenvalue weighted by Gasteiger charge is -2.34. The Morgan fingerprint density at radius 2 is 1.95 bits per heavy atom. The highest BCUT2D eigenvalue weighted by Crippen LogP contribution is 2.10. The first-order valence-corrected chi connectivity index (χ1v) is 7.51. The predicted molar refractivity (Wildman–Crippen MR) is 84.8 cm³/mol. The number of pyridine rings is 1. The number of hydrogen-bond acceptors (Lipinski definition) is 4. The van der Waals surface area contributed by atoms with E-state index in [4.69, 9.17) is 0 Å². The summed E-state index contributed by atoms with van der Waals surface area (Å²) in [6.07, 6.45) is 4.58. The molecule has 1 N–H and O–H groups in total. The van der Waals surface area contributed by atoms with Crippen molar-refractivity contribution in [3.05, 3.63) is 42.2 Å². The van der Waals surface area contributed by atoms with Crippen molar-refractivity contribution in [1.29, 1.82) is 0 Å². The zero-order valence-electron chi connectivity index (χ0n) is 12.9. The van der Waals surface area contributed by atoms with Crippen LogP contribution in [0.5, 0.6) is 0 Å². The van der Waals surface area contributed by atoms with E-state index in [-0.39, 0.29) is 11.8 Å². The van der Waals surface area contributed by atoms with Crippen molar-refractivity contribution in [3.8, 4) is 0 Å². The van der Waals surface area contributed by atoms with Gasteiger partial charge >= 0.3 is 0 Å². The van der Waals surface area contributed by atoms with Crippen LogP contribution in [-0.4, -0.2) is 65.9 Å². The van der Waals surface area contributed by atoms with Gasteiger partial charge in [-0.25, -0.2) is 0 Å². The van der Waals surface area contributed by atoms with Crippen molar-refractivity contribution in [2.24, 2.45) is 0 Å². The summed E-state index contributed by atoms with van der Waals surface area (Å²) < 4.78 is 0. The monoisotopic (exact) mass is 302 g/mol. The number of nitrogens with one attached hydrogen (secondary N) is 1. The van der Waals surface area contributed by atoms with Crippen LogP contribution in [0.1, 0.15) is 27.6 Å². The first kappa shape index (κ1) is 16.2. The van der Waals surface area contributed by atoms with Crippen molar-refractivity contribution in [2.45, 2.75) is 6.92 Å². The molecule has 0 unspecified atom stereocenters. The number of rotatable bonds is 5. The van der Waals surface area contributed by atoms with Gasteiger partial charge in [-0.2, -0.15) is 0 Å². The van der Waals surface area contributed by atoms with Gasteiger partial charge in [-0.15, -0.1) is 6.58 Å². The Kier molecular flexibility index (Phi) is 5.66. The van der Waals surface area contributed by atoms with Crippen LogP contribution in [-0.2, 0) is 0 Å². The van der Waals surface area contributed by atoms with Crippen LogP contribution in [0.15, 0.2) is 31.1 Å². The Labute approximate surface area is 130 Å². The molecule has 0 aromatic carbocycles. The minimum Gasteiger partial charge on any atom is -0.349 e. The van der Waals surface area contributed by atoms with Crippen LogP contribution in [0, 0.1) is 0 Å². The standard InChI is InChI=1S/C16H22N4O2/c1-3-5-18-15(21)13-10-14(12-17-11-13)16(22)20-8-6-19(4-2)7-9-20/h3,10-12H,1,4-9H2,2H3,(H,18,21). The molecule has 1 saturated heterocycles. The second-order valence-electron chi connectivity index (χ2n) is 5.19. The van der Waals surface area contributed by atoms with Crippen molar-refractivity contribution in [2.75, 3.05) is 39.3 Å². The highest BCUT2D eigenvalue weighted by molar-refractivity contribution is 5.99. The SMILES string of the molecule is C=CCNC(=O)c1cncc(C(=O)N2CCN(CC)CC2)c1. The molecule has 1 aromatic rings. The molecule has 0 saturated carbocycles. The molecule has 1 aliphatic heterocycles.